The van der Waals surface area contributed by atoms with Gasteiger partial charge < -0.3 is 21.1 Å². The van der Waals surface area contributed by atoms with Crippen molar-refractivity contribution in [3.8, 4) is 5.69 Å². The van der Waals surface area contributed by atoms with E-state index < -0.39 is 35.0 Å². The van der Waals surface area contributed by atoms with Crippen LogP contribution in [0.15, 0.2) is 76.6 Å². The number of hydrogen-bond donors (Lipinski definition) is 3. The van der Waals surface area contributed by atoms with Crippen molar-refractivity contribution in [2.75, 3.05) is 19.6 Å². The number of aliphatic hydroxyl groups is 1. The van der Waals surface area contributed by atoms with E-state index in [4.69, 9.17) is 5.73 Å². The third kappa shape index (κ3) is 7.85. The molecule has 1 aliphatic rings. The van der Waals surface area contributed by atoms with Crippen LogP contribution in [0, 0.1) is 29.9 Å². The van der Waals surface area contributed by atoms with Crippen molar-refractivity contribution >= 4 is 11.8 Å². The van der Waals surface area contributed by atoms with Crippen molar-refractivity contribution in [2.45, 2.75) is 66.0 Å². The van der Waals surface area contributed by atoms with Crippen LogP contribution in [0.2, 0.25) is 0 Å². The van der Waals surface area contributed by atoms with E-state index in [9.17, 15) is 28.3 Å². The number of carbonyl (C=O) groups is 2. The standard InChI is InChI=1S/C37H47F2N5O4/c1-6-13-43(14-7-2)34(46)27-15-24(3)20-37(21-27,36(40)48)32(18-26-16-28(38)19-29(39)17-26)33(45)23-41-22-31-25(4)42(5)44(35(31)47)30-11-9-8-10-12-30/h8-12,15-17,19-20,32-33,41,45H,6-7,13-14,18,21-23H2,1-5H3,(H2,40,48)/t32-,33+,37?/m1/s1. The fourth-order valence-electron chi connectivity index (χ4n) is 6.87. The quantitative estimate of drug-likeness (QED) is 0.222. The lowest BCUT2D eigenvalue weighted by atomic mass is 9.63. The highest BCUT2D eigenvalue weighted by Crippen LogP contribution is 2.44. The highest BCUT2D eigenvalue weighted by Gasteiger charge is 2.48. The minimum Gasteiger partial charge on any atom is -0.391 e. The first-order chi connectivity index (χ1) is 22.8. The van der Waals surface area contributed by atoms with Crippen molar-refractivity contribution in [1.29, 1.82) is 0 Å². The molecule has 2 aromatic carbocycles. The van der Waals surface area contributed by atoms with E-state index in [0.29, 0.717) is 35.5 Å². The van der Waals surface area contributed by atoms with Gasteiger partial charge in [-0.15, -0.1) is 0 Å². The number of hydrogen-bond acceptors (Lipinski definition) is 5. The summed E-state index contributed by atoms with van der Waals surface area (Å²) in [5.74, 6) is -3.55. The number of allylic oxidation sites excluding steroid dienone is 2. The normalized spacial score (nSPS) is 17.4. The minimum atomic E-state index is -1.56. The van der Waals surface area contributed by atoms with Crippen LogP contribution in [-0.2, 0) is 29.6 Å². The Hall–Kier alpha value is -4.35. The molecule has 3 atom stereocenters. The summed E-state index contributed by atoms with van der Waals surface area (Å²) < 4.78 is 32.0. The second-order valence-electron chi connectivity index (χ2n) is 12.8. The van der Waals surface area contributed by atoms with E-state index in [2.05, 4.69) is 5.32 Å². The minimum absolute atomic E-state index is 0.0751. The second-order valence-corrected chi connectivity index (χ2v) is 12.8. The van der Waals surface area contributed by atoms with Crippen LogP contribution in [0.5, 0.6) is 0 Å². The molecule has 0 saturated carbocycles. The predicted octanol–water partition coefficient (Wildman–Crippen LogP) is 4.47. The van der Waals surface area contributed by atoms with Crippen molar-refractivity contribution < 1.29 is 23.5 Å². The SMILES string of the molecule is CCCN(CCC)C(=O)C1=CC(C)=CC(C(N)=O)([C@H](Cc2cc(F)cc(F)c2)[C@@H](O)CNCc2c(C)n(C)n(-c3ccccc3)c2=O)C1. The molecule has 48 heavy (non-hydrogen) atoms. The Balaban J connectivity index is 1.68. The van der Waals surface area contributed by atoms with Gasteiger partial charge in [0, 0.05) is 56.5 Å². The van der Waals surface area contributed by atoms with Gasteiger partial charge in [0.25, 0.3) is 5.56 Å². The zero-order valence-corrected chi connectivity index (χ0v) is 28.4. The molecule has 1 aliphatic carbocycles. The lowest BCUT2D eigenvalue weighted by molar-refractivity contribution is -0.132. The number of para-hydroxylation sites is 1. The average Bonchev–Trinajstić information content (AvgIpc) is 3.25. The van der Waals surface area contributed by atoms with Gasteiger partial charge in [0.15, 0.2) is 0 Å². The third-order valence-electron chi connectivity index (χ3n) is 9.21. The largest absolute Gasteiger partial charge is 0.391 e. The molecule has 4 rings (SSSR count). The molecule has 0 bridgehead atoms. The Morgan fingerprint density at radius 2 is 1.69 bits per heavy atom. The van der Waals surface area contributed by atoms with Gasteiger partial charge >= 0.3 is 0 Å². The Bertz CT molecular complexity index is 1720. The number of benzene rings is 2. The second kappa shape index (κ2) is 15.7. The van der Waals surface area contributed by atoms with Crippen LogP contribution in [0.3, 0.4) is 0 Å². The first-order valence-electron chi connectivity index (χ1n) is 16.5. The summed E-state index contributed by atoms with van der Waals surface area (Å²) >= 11 is 0. The first-order valence-corrected chi connectivity index (χ1v) is 16.5. The first kappa shape index (κ1) is 36.5. The molecule has 0 fully saturated rings. The molecular formula is C37H47F2N5O4. The maximum Gasteiger partial charge on any atom is 0.276 e. The summed E-state index contributed by atoms with van der Waals surface area (Å²) in [6.45, 7) is 8.67. The van der Waals surface area contributed by atoms with Gasteiger partial charge in [0.2, 0.25) is 11.8 Å². The van der Waals surface area contributed by atoms with Crippen molar-refractivity contribution in [3.63, 3.8) is 0 Å². The molecule has 11 heteroatoms. The topological polar surface area (TPSA) is 123 Å². The van der Waals surface area contributed by atoms with Gasteiger partial charge in [-0.3, -0.25) is 19.1 Å². The number of rotatable bonds is 15. The molecule has 3 aromatic rings. The lowest BCUT2D eigenvalue weighted by Crippen LogP contribution is -2.51. The van der Waals surface area contributed by atoms with Crippen LogP contribution in [0.4, 0.5) is 8.78 Å². The van der Waals surface area contributed by atoms with Crippen molar-refractivity contribution in [2.24, 2.45) is 24.1 Å². The number of aliphatic hydroxyl groups excluding tert-OH is 1. The van der Waals surface area contributed by atoms with E-state index in [-0.39, 0.29) is 43.0 Å². The number of nitrogens with two attached hydrogens (primary N) is 1. The molecule has 1 unspecified atom stereocenters. The summed E-state index contributed by atoms with van der Waals surface area (Å²) in [5.41, 5.74) is 7.54. The monoisotopic (exact) mass is 663 g/mol. The maximum atomic E-state index is 14.4. The van der Waals surface area contributed by atoms with Crippen LogP contribution in [-0.4, -0.2) is 56.9 Å². The van der Waals surface area contributed by atoms with E-state index in [1.807, 2.05) is 51.1 Å². The van der Waals surface area contributed by atoms with Crippen molar-refractivity contribution in [1.82, 2.24) is 19.6 Å². The number of carbonyl (C=O) groups excluding carboxylic acids is 2. The van der Waals surface area contributed by atoms with Gasteiger partial charge in [0.05, 0.1) is 22.8 Å². The number of amides is 2. The number of nitrogens with one attached hydrogen (secondary N) is 1. The summed E-state index contributed by atoms with van der Waals surface area (Å²) in [6, 6.07) is 12.3. The molecule has 1 heterocycles. The lowest BCUT2D eigenvalue weighted by Gasteiger charge is -2.42. The van der Waals surface area contributed by atoms with Gasteiger partial charge in [-0.25, -0.2) is 13.5 Å². The number of primary amides is 1. The summed E-state index contributed by atoms with van der Waals surface area (Å²) in [7, 11) is 1.79. The van der Waals surface area contributed by atoms with Crippen LogP contribution >= 0.6 is 0 Å². The smallest absolute Gasteiger partial charge is 0.276 e. The Labute approximate surface area is 280 Å². The average molecular weight is 664 g/mol. The van der Waals surface area contributed by atoms with Crippen LogP contribution in [0.25, 0.3) is 5.69 Å². The Morgan fingerprint density at radius 3 is 2.27 bits per heavy atom. The summed E-state index contributed by atoms with van der Waals surface area (Å²) in [6.07, 6.45) is 3.45. The van der Waals surface area contributed by atoms with E-state index in [0.717, 1.165) is 36.7 Å². The summed E-state index contributed by atoms with van der Waals surface area (Å²) in [5, 5.41) is 15.0. The van der Waals surface area contributed by atoms with Gasteiger partial charge in [0.1, 0.15) is 11.6 Å². The molecule has 0 saturated heterocycles. The molecule has 9 nitrogen and oxygen atoms in total. The fraction of sp³-hybridized carbons (Fsp3) is 0.432. The highest BCUT2D eigenvalue weighted by atomic mass is 19.1. The van der Waals surface area contributed by atoms with Gasteiger partial charge in [-0.1, -0.05) is 49.8 Å². The molecule has 0 radical (unpaired) electrons. The van der Waals surface area contributed by atoms with E-state index in [1.54, 1.807) is 40.4 Å². The maximum absolute atomic E-state index is 14.4. The predicted molar refractivity (Wildman–Crippen MR) is 182 cm³/mol. The Kier molecular flexibility index (Phi) is 11.9. The molecule has 258 valence electrons. The third-order valence-corrected chi connectivity index (χ3v) is 9.21. The molecular weight excluding hydrogens is 616 g/mol. The zero-order valence-electron chi connectivity index (χ0n) is 28.4. The number of nitrogens with zero attached hydrogens (tertiary/aromatic N) is 3. The number of aromatic nitrogens is 2. The molecule has 2 amide bonds. The molecule has 4 N–H and O–H groups in total. The van der Waals surface area contributed by atoms with E-state index in [1.165, 1.54) is 0 Å². The summed E-state index contributed by atoms with van der Waals surface area (Å²) in [4.78, 5) is 42.5. The van der Waals surface area contributed by atoms with Crippen LogP contribution in [0.1, 0.15) is 56.9 Å². The highest BCUT2D eigenvalue weighted by molar-refractivity contribution is 5.97. The van der Waals surface area contributed by atoms with Gasteiger partial charge in [-0.05, 0) is 69.4 Å². The van der Waals surface area contributed by atoms with Crippen LogP contribution < -0.4 is 16.6 Å². The number of halogens is 2. The molecule has 1 aromatic heterocycles. The van der Waals surface area contributed by atoms with E-state index >= 15 is 0 Å². The molecule has 0 spiro atoms. The fourth-order valence-corrected chi connectivity index (χ4v) is 6.87. The zero-order chi connectivity index (χ0) is 35.2. The Morgan fingerprint density at radius 1 is 1.06 bits per heavy atom. The van der Waals surface area contributed by atoms with Crippen molar-refractivity contribution in [3.05, 3.63) is 111 Å². The molecule has 0 aliphatic heterocycles. The van der Waals surface area contributed by atoms with Gasteiger partial charge in [-0.2, -0.15) is 0 Å².